The van der Waals surface area contributed by atoms with Gasteiger partial charge in [-0.05, 0) is 56.3 Å². The molecule has 1 aromatic rings. The first-order valence-electron chi connectivity index (χ1n) is 9.08. The Hall–Kier alpha value is -1.59. The monoisotopic (exact) mass is 363 g/mol. The summed E-state index contributed by atoms with van der Waals surface area (Å²) in [6.45, 7) is 3.96. The van der Waals surface area contributed by atoms with Gasteiger partial charge in [-0.15, -0.1) is 12.4 Å². The van der Waals surface area contributed by atoms with E-state index < -0.39 is 0 Å². The molecule has 1 aromatic carbocycles. The van der Waals surface area contributed by atoms with Gasteiger partial charge in [-0.3, -0.25) is 9.59 Å². The number of nitrogens with one attached hydrogen (secondary N) is 2. The van der Waals surface area contributed by atoms with Crippen LogP contribution in [0.4, 0.5) is 5.69 Å². The van der Waals surface area contributed by atoms with Gasteiger partial charge in [-0.2, -0.15) is 0 Å². The molecule has 1 aliphatic carbocycles. The second-order valence-corrected chi connectivity index (χ2v) is 7.48. The number of carbonyl (C=O) groups excluding carboxylic acids is 2. The van der Waals surface area contributed by atoms with E-state index in [1.165, 1.54) is 0 Å². The molecule has 3 aliphatic rings. The van der Waals surface area contributed by atoms with Crippen LogP contribution in [0.5, 0.6) is 0 Å². The maximum Gasteiger partial charge on any atom is 0.254 e. The highest BCUT2D eigenvalue weighted by Crippen LogP contribution is 2.38. The number of carbonyl (C=O) groups is 2. The molecule has 4 rings (SSSR count). The zero-order valence-electron chi connectivity index (χ0n) is 14.5. The Morgan fingerprint density at radius 1 is 1.20 bits per heavy atom. The van der Waals surface area contributed by atoms with Crippen molar-refractivity contribution < 1.29 is 9.59 Å². The molecule has 6 heteroatoms. The van der Waals surface area contributed by atoms with Crippen molar-refractivity contribution in [1.82, 2.24) is 10.2 Å². The molecule has 2 saturated heterocycles. The van der Waals surface area contributed by atoms with E-state index in [2.05, 4.69) is 22.5 Å². The molecule has 25 heavy (non-hydrogen) atoms. The Kier molecular flexibility index (Phi) is 5.35. The first-order chi connectivity index (χ1) is 11.6. The van der Waals surface area contributed by atoms with E-state index in [4.69, 9.17) is 0 Å². The summed E-state index contributed by atoms with van der Waals surface area (Å²) in [5, 5.41) is 6.39. The Morgan fingerprint density at radius 2 is 1.96 bits per heavy atom. The molecule has 2 amide bonds. The predicted octanol–water partition coefficient (Wildman–Crippen LogP) is 2.67. The Bertz CT molecular complexity index is 652. The third-order valence-corrected chi connectivity index (χ3v) is 5.71. The van der Waals surface area contributed by atoms with Crippen LogP contribution in [0.2, 0.25) is 0 Å². The van der Waals surface area contributed by atoms with Crippen molar-refractivity contribution in [3.05, 3.63) is 29.8 Å². The Labute approximate surface area is 154 Å². The first-order valence-corrected chi connectivity index (χ1v) is 9.08. The van der Waals surface area contributed by atoms with Crippen molar-refractivity contribution in [3.8, 4) is 0 Å². The van der Waals surface area contributed by atoms with Crippen molar-refractivity contribution >= 4 is 29.9 Å². The number of hydrogen-bond acceptors (Lipinski definition) is 3. The van der Waals surface area contributed by atoms with Gasteiger partial charge >= 0.3 is 0 Å². The van der Waals surface area contributed by atoms with E-state index in [9.17, 15) is 9.59 Å². The van der Waals surface area contributed by atoms with Gasteiger partial charge in [0.05, 0.1) is 0 Å². The molecule has 0 radical (unpaired) electrons. The zero-order valence-corrected chi connectivity index (χ0v) is 15.3. The molecular weight excluding hydrogens is 338 g/mol. The van der Waals surface area contributed by atoms with Crippen molar-refractivity contribution in [2.45, 2.75) is 44.7 Å². The number of fused-ring (bicyclic) bond motifs is 2. The fraction of sp³-hybridized carbons (Fsp3) is 0.579. The molecule has 2 N–H and O–H groups in total. The van der Waals surface area contributed by atoms with Crippen LogP contribution in [-0.2, 0) is 4.79 Å². The summed E-state index contributed by atoms with van der Waals surface area (Å²) in [6.07, 6.45) is 4.18. The zero-order chi connectivity index (χ0) is 16.7. The molecule has 2 aliphatic heterocycles. The van der Waals surface area contributed by atoms with Crippen LogP contribution in [0.15, 0.2) is 24.3 Å². The van der Waals surface area contributed by atoms with Crippen molar-refractivity contribution in [2.24, 2.45) is 11.8 Å². The second-order valence-electron chi connectivity index (χ2n) is 7.48. The molecule has 2 bridgehead atoms. The minimum Gasteiger partial charge on any atom is -0.331 e. The average molecular weight is 364 g/mol. The van der Waals surface area contributed by atoms with Gasteiger partial charge in [-0.25, -0.2) is 0 Å². The number of hydrogen-bond donors (Lipinski definition) is 2. The minimum absolute atomic E-state index is 0. The lowest BCUT2D eigenvalue weighted by Crippen LogP contribution is -2.42. The highest BCUT2D eigenvalue weighted by molar-refractivity contribution is 5.98. The number of rotatable bonds is 3. The third kappa shape index (κ3) is 3.67. The molecule has 4 unspecified atom stereocenters. The molecular formula is C19H26ClN3O2. The lowest BCUT2D eigenvalue weighted by Gasteiger charge is -2.28. The number of nitrogens with zero attached hydrogens (tertiary/aromatic N) is 1. The summed E-state index contributed by atoms with van der Waals surface area (Å²) in [5.41, 5.74) is 1.40. The standard InChI is InChI=1S/C19H25N3O2.ClH/c1-12-9-17(12)18(23)21-14-4-2-3-13(10-14)19(24)22-15-5-6-16(22)11-20-8-7-15;/h2-4,10,12,15-17,20H,5-9,11H2,1H3,(H,21,23);1H. The van der Waals surface area contributed by atoms with Gasteiger partial charge in [0.1, 0.15) is 0 Å². The molecule has 136 valence electrons. The van der Waals surface area contributed by atoms with Gasteiger partial charge in [0.15, 0.2) is 0 Å². The van der Waals surface area contributed by atoms with Crippen LogP contribution in [0.25, 0.3) is 0 Å². The van der Waals surface area contributed by atoms with Crippen molar-refractivity contribution in [1.29, 1.82) is 0 Å². The van der Waals surface area contributed by atoms with Gasteiger partial charge in [0, 0.05) is 35.8 Å². The summed E-state index contributed by atoms with van der Waals surface area (Å²) in [7, 11) is 0. The van der Waals surface area contributed by atoms with Crippen LogP contribution >= 0.6 is 12.4 Å². The van der Waals surface area contributed by atoms with Gasteiger partial charge < -0.3 is 15.5 Å². The molecule has 1 saturated carbocycles. The largest absolute Gasteiger partial charge is 0.331 e. The summed E-state index contributed by atoms with van der Waals surface area (Å²) < 4.78 is 0. The summed E-state index contributed by atoms with van der Waals surface area (Å²) in [4.78, 5) is 27.2. The number of amides is 2. The van der Waals surface area contributed by atoms with Crippen LogP contribution in [0.1, 0.15) is 43.0 Å². The van der Waals surface area contributed by atoms with E-state index in [1.54, 1.807) is 0 Å². The van der Waals surface area contributed by atoms with Gasteiger partial charge in [0.25, 0.3) is 5.91 Å². The fourth-order valence-electron chi connectivity index (χ4n) is 4.12. The summed E-state index contributed by atoms with van der Waals surface area (Å²) >= 11 is 0. The molecule has 0 aromatic heterocycles. The van der Waals surface area contributed by atoms with Crippen LogP contribution in [-0.4, -0.2) is 41.9 Å². The van der Waals surface area contributed by atoms with Crippen LogP contribution < -0.4 is 10.6 Å². The molecule has 4 atom stereocenters. The number of halogens is 1. The molecule has 3 fully saturated rings. The van der Waals surface area contributed by atoms with Crippen LogP contribution in [0, 0.1) is 11.8 Å². The number of anilines is 1. The van der Waals surface area contributed by atoms with Gasteiger partial charge in [-0.1, -0.05) is 13.0 Å². The second kappa shape index (κ2) is 7.34. The topological polar surface area (TPSA) is 61.4 Å². The first kappa shape index (κ1) is 18.2. The predicted molar refractivity (Wildman–Crippen MR) is 100 cm³/mol. The fourth-order valence-corrected chi connectivity index (χ4v) is 4.12. The molecule has 5 nitrogen and oxygen atoms in total. The summed E-state index contributed by atoms with van der Waals surface area (Å²) in [5.74, 6) is 0.792. The maximum atomic E-state index is 13.0. The highest BCUT2D eigenvalue weighted by atomic mass is 35.5. The van der Waals surface area contributed by atoms with Gasteiger partial charge in [0.2, 0.25) is 5.91 Å². The number of benzene rings is 1. The average Bonchev–Trinajstić information content (AvgIpc) is 3.21. The highest BCUT2D eigenvalue weighted by Gasteiger charge is 2.40. The SMILES string of the molecule is CC1CC1C(=O)Nc1cccc(C(=O)N2C3CCNCC2CC3)c1.Cl. The van der Waals surface area contributed by atoms with Crippen molar-refractivity contribution in [2.75, 3.05) is 18.4 Å². The minimum atomic E-state index is 0. The van der Waals surface area contributed by atoms with E-state index in [-0.39, 0.29) is 30.1 Å². The van der Waals surface area contributed by atoms with Crippen LogP contribution in [0.3, 0.4) is 0 Å². The molecule has 0 spiro atoms. The molecule has 2 heterocycles. The van der Waals surface area contributed by atoms with E-state index in [1.807, 2.05) is 24.3 Å². The van der Waals surface area contributed by atoms with E-state index >= 15 is 0 Å². The lowest BCUT2D eigenvalue weighted by atomic mass is 10.1. The quantitative estimate of drug-likeness (QED) is 0.867. The lowest BCUT2D eigenvalue weighted by molar-refractivity contribution is -0.117. The Balaban J connectivity index is 0.00000182. The van der Waals surface area contributed by atoms with Crippen molar-refractivity contribution in [3.63, 3.8) is 0 Å². The third-order valence-electron chi connectivity index (χ3n) is 5.71. The van der Waals surface area contributed by atoms with E-state index in [0.717, 1.165) is 44.5 Å². The van der Waals surface area contributed by atoms with E-state index in [0.29, 0.717) is 23.6 Å². The summed E-state index contributed by atoms with van der Waals surface area (Å²) in [6, 6.07) is 8.05. The maximum absolute atomic E-state index is 13.0. The Morgan fingerprint density at radius 3 is 2.72 bits per heavy atom. The normalized spacial score (nSPS) is 30.2. The smallest absolute Gasteiger partial charge is 0.254 e.